The Morgan fingerprint density at radius 1 is 1.36 bits per heavy atom. The van der Waals surface area contributed by atoms with E-state index in [0.29, 0.717) is 0 Å². The maximum atomic E-state index is 10.8. The highest BCUT2D eigenvalue weighted by Gasteiger charge is 2.14. The van der Waals surface area contributed by atoms with E-state index in [1.807, 2.05) is 0 Å². The summed E-state index contributed by atoms with van der Waals surface area (Å²) in [7, 11) is 1.16. The largest absolute Gasteiger partial charge is 0.478 e. The number of carboxylic acid groups (broad SMARTS) is 1. The Labute approximate surface area is 89.5 Å². The van der Waals surface area contributed by atoms with Crippen LogP contribution >= 0.6 is 22.3 Å². The minimum Gasteiger partial charge on any atom is -0.478 e. The van der Waals surface area contributed by atoms with Crippen LogP contribution in [-0.4, -0.2) is 19.5 Å². The molecule has 1 rings (SSSR count). The summed E-state index contributed by atoms with van der Waals surface area (Å²) in [5.74, 6) is -1.23. The average Bonchev–Trinajstić information content (AvgIpc) is 2.01. The van der Waals surface area contributed by atoms with Crippen molar-refractivity contribution in [3.05, 3.63) is 28.8 Å². The van der Waals surface area contributed by atoms with E-state index in [2.05, 4.69) is 0 Å². The average molecular weight is 255 g/mol. The molecule has 0 radical (unpaired) electrons. The van der Waals surface area contributed by atoms with Gasteiger partial charge in [-0.3, -0.25) is 0 Å². The lowest BCUT2D eigenvalue weighted by Gasteiger charge is -2.00. The Bertz CT molecular complexity index is 480. The van der Waals surface area contributed by atoms with Gasteiger partial charge in [-0.2, -0.15) is 0 Å². The molecule has 0 atom stereocenters. The zero-order valence-corrected chi connectivity index (χ0v) is 8.90. The van der Waals surface area contributed by atoms with Crippen molar-refractivity contribution in [2.45, 2.75) is 4.90 Å². The van der Waals surface area contributed by atoms with Crippen molar-refractivity contribution in [1.82, 2.24) is 0 Å². The Hall–Kier alpha value is -0.780. The maximum Gasteiger partial charge on any atom is 0.337 e. The van der Waals surface area contributed by atoms with Crippen LogP contribution in [-0.2, 0) is 9.05 Å². The number of rotatable bonds is 2. The van der Waals surface area contributed by atoms with Gasteiger partial charge in [0.25, 0.3) is 9.05 Å². The van der Waals surface area contributed by atoms with Gasteiger partial charge in [0.15, 0.2) is 0 Å². The zero-order chi connectivity index (χ0) is 10.9. The van der Waals surface area contributed by atoms with Crippen LogP contribution in [0.4, 0.5) is 0 Å². The molecule has 0 saturated carbocycles. The summed E-state index contributed by atoms with van der Waals surface area (Å²) in [6.07, 6.45) is 0. The van der Waals surface area contributed by atoms with Gasteiger partial charge in [0.1, 0.15) is 0 Å². The smallest absolute Gasteiger partial charge is 0.337 e. The van der Waals surface area contributed by atoms with Crippen LogP contribution in [0.15, 0.2) is 23.1 Å². The summed E-state index contributed by atoms with van der Waals surface area (Å²) in [5.41, 5.74) is -0.171. The van der Waals surface area contributed by atoms with Crippen molar-refractivity contribution in [2.75, 3.05) is 0 Å². The first-order chi connectivity index (χ1) is 6.32. The van der Waals surface area contributed by atoms with Crippen molar-refractivity contribution in [3.63, 3.8) is 0 Å². The molecule has 7 heteroatoms. The fraction of sp³-hybridized carbons (Fsp3) is 0. The second-order valence-corrected chi connectivity index (χ2v) is 5.36. The van der Waals surface area contributed by atoms with Gasteiger partial charge in [-0.25, -0.2) is 13.2 Å². The van der Waals surface area contributed by atoms with E-state index in [9.17, 15) is 13.2 Å². The van der Waals surface area contributed by atoms with Gasteiger partial charge in [-0.1, -0.05) is 11.6 Å². The number of aromatic carboxylic acids is 1. The first-order valence-electron chi connectivity index (χ1n) is 3.30. The lowest BCUT2D eigenvalue weighted by molar-refractivity contribution is 0.0697. The highest BCUT2D eigenvalue weighted by molar-refractivity contribution is 8.13. The number of hydrogen-bond donors (Lipinski definition) is 1. The monoisotopic (exact) mass is 254 g/mol. The van der Waals surface area contributed by atoms with Crippen LogP contribution in [0.3, 0.4) is 0 Å². The van der Waals surface area contributed by atoms with Crippen molar-refractivity contribution in [1.29, 1.82) is 0 Å². The fourth-order valence-electron chi connectivity index (χ4n) is 0.821. The van der Waals surface area contributed by atoms with Gasteiger partial charge in [-0.15, -0.1) is 0 Å². The number of benzene rings is 1. The van der Waals surface area contributed by atoms with Crippen LogP contribution < -0.4 is 0 Å². The van der Waals surface area contributed by atoms with E-state index in [0.717, 1.165) is 18.2 Å². The molecular weight excluding hydrogens is 251 g/mol. The molecule has 4 nitrogen and oxygen atoms in total. The normalized spacial score (nSPS) is 11.3. The number of halogens is 2. The summed E-state index contributed by atoms with van der Waals surface area (Å²) >= 11 is 5.53. The van der Waals surface area contributed by atoms with Gasteiger partial charge < -0.3 is 5.11 Å². The van der Waals surface area contributed by atoms with E-state index >= 15 is 0 Å². The van der Waals surface area contributed by atoms with Gasteiger partial charge >= 0.3 is 5.97 Å². The third kappa shape index (κ3) is 2.37. The first-order valence-corrected chi connectivity index (χ1v) is 5.98. The number of carbonyl (C=O) groups is 1. The molecule has 0 amide bonds. The second-order valence-electron chi connectivity index (χ2n) is 2.38. The maximum absolute atomic E-state index is 10.8. The molecule has 0 aliphatic rings. The molecule has 0 unspecified atom stereocenters. The third-order valence-electron chi connectivity index (χ3n) is 1.45. The first kappa shape index (κ1) is 11.3. The molecule has 1 aromatic carbocycles. The van der Waals surface area contributed by atoms with Crippen LogP contribution in [0.1, 0.15) is 10.4 Å². The number of hydrogen-bond acceptors (Lipinski definition) is 3. The van der Waals surface area contributed by atoms with Gasteiger partial charge in [0, 0.05) is 10.7 Å². The topological polar surface area (TPSA) is 71.4 Å². The van der Waals surface area contributed by atoms with E-state index in [4.69, 9.17) is 27.4 Å². The molecule has 0 saturated heterocycles. The minimum atomic E-state index is -3.87. The van der Waals surface area contributed by atoms with Crippen molar-refractivity contribution < 1.29 is 18.3 Å². The van der Waals surface area contributed by atoms with Crippen molar-refractivity contribution >= 4 is 37.3 Å². The van der Waals surface area contributed by atoms with Crippen molar-refractivity contribution in [3.8, 4) is 0 Å². The number of carboxylic acids is 1. The van der Waals surface area contributed by atoms with E-state index in [1.165, 1.54) is 0 Å². The lowest BCUT2D eigenvalue weighted by Crippen LogP contribution is -1.99. The molecule has 76 valence electrons. The summed E-state index contributed by atoms with van der Waals surface area (Å²) in [5, 5.41) is 8.43. The molecule has 0 aliphatic carbocycles. The zero-order valence-electron chi connectivity index (χ0n) is 6.57. The van der Waals surface area contributed by atoms with Crippen LogP contribution in [0.5, 0.6) is 0 Å². The van der Waals surface area contributed by atoms with Gasteiger partial charge in [0.05, 0.1) is 15.5 Å². The Balaban J connectivity index is 3.34. The van der Waals surface area contributed by atoms with Crippen LogP contribution in [0.25, 0.3) is 0 Å². The van der Waals surface area contributed by atoms with Gasteiger partial charge in [-0.05, 0) is 18.2 Å². The molecule has 1 aromatic rings. The summed E-state index contributed by atoms with van der Waals surface area (Å²) < 4.78 is 21.7. The molecular formula is C7H4Cl2O4S. The fourth-order valence-corrected chi connectivity index (χ4v) is 1.92. The highest BCUT2D eigenvalue weighted by atomic mass is 35.7. The van der Waals surface area contributed by atoms with Crippen LogP contribution in [0, 0.1) is 0 Å². The Kier molecular flexibility index (Phi) is 3.04. The quantitative estimate of drug-likeness (QED) is 0.820. The minimum absolute atomic E-state index is 0.167. The van der Waals surface area contributed by atoms with Crippen LogP contribution in [0.2, 0.25) is 5.02 Å². The molecule has 0 fully saturated rings. The lowest BCUT2D eigenvalue weighted by atomic mass is 10.2. The summed E-state index contributed by atoms with van der Waals surface area (Å²) in [6.45, 7) is 0. The predicted molar refractivity (Wildman–Crippen MR) is 51.5 cm³/mol. The molecule has 0 heterocycles. The van der Waals surface area contributed by atoms with E-state index in [1.54, 1.807) is 0 Å². The summed E-state index contributed by atoms with van der Waals surface area (Å²) in [6, 6.07) is 3.16. The molecule has 0 aromatic heterocycles. The third-order valence-corrected chi connectivity index (χ3v) is 3.12. The molecule has 14 heavy (non-hydrogen) atoms. The SMILES string of the molecule is O=C(O)c1ccc(S(=O)(=O)Cl)cc1Cl. The predicted octanol–water partition coefficient (Wildman–Crippen LogP) is 1.97. The molecule has 0 bridgehead atoms. The Morgan fingerprint density at radius 3 is 2.29 bits per heavy atom. The molecule has 0 spiro atoms. The van der Waals surface area contributed by atoms with Gasteiger partial charge in [0.2, 0.25) is 0 Å². The van der Waals surface area contributed by atoms with Crippen molar-refractivity contribution in [2.24, 2.45) is 0 Å². The summed E-state index contributed by atoms with van der Waals surface area (Å²) in [4.78, 5) is 10.3. The standard InChI is InChI=1S/C7H4Cl2O4S/c8-6-3-4(14(9,12)13)1-2-5(6)7(10)11/h1-3H,(H,10,11). The Morgan fingerprint density at radius 2 is 1.93 bits per heavy atom. The second kappa shape index (κ2) is 3.76. The van der Waals surface area contributed by atoms with E-state index < -0.39 is 15.0 Å². The molecule has 1 N–H and O–H groups in total. The highest BCUT2D eigenvalue weighted by Crippen LogP contribution is 2.22. The molecule has 0 aliphatic heterocycles. The van der Waals surface area contributed by atoms with E-state index in [-0.39, 0.29) is 15.5 Å².